The SMILES string of the molecule is CC[C@H](C)[C@@H]([C@@H](CC(=O)N1CCCC1[C@H](OC)[C@@H](C)C(=O)OC)OC)N(C)C(=O)C(NC(=O)C(C)(C)N(C)C)C(C)C. The molecule has 0 radical (unpaired) electrons. The maximum Gasteiger partial charge on any atom is 0.311 e. The lowest BCUT2D eigenvalue weighted by Gasteiger charge is -2.41. The molecule has 1 saturated heterocycles. The Morgan fingerprint density at radius 1 is 1.00 bits per heavy atom. The lowest BCUT2D eigenvalue weighted by atomic mass is 9.89. The average molecular weight is 599 g/mol. The van der Waals surface area contributed by atoms with Crippen LogP contribution in [0.2, 0.25) is 0 Å². The van der Waals surface area contributed by atoms with Crippen LogP contribution in [0.15, 0.2) is 0 Å². The van der Waals surface area contributed by atoms with Gasteiger partial charge in [0.15, 0.2) is 0 Å². The Bertz CT molecular complexity index is 910. The molecule has 1 heterocycles. The molecule has 7 atom stereocenters. The number of nitrogens with one attached hydrogen (secondary N) is 1. The van der Waals surface area contributed by atoms with E-state index in [2.05, 4.69) is 5.32 Å². The minimum atomic E-state index is -0.804. The van der Waals surface area contributed by atoms with Crippen molar-refractivity contribution >= 4 is 23.7 Å². The maximum absolute atomic E-state index is 14.0. The molecule has 11 heteroatoms. The van der Waals surface area contributed by atoms with Crippen molar-refractivity contribution in [2.75, 3.05) is 49.0 Å². The molecular formula is C31H58N4O7. The number of hydrogen-bond donors (Lipinski definition) is 1. The topological polar surface area (TPSA) is 118 Å². The summed E-state index contributed by atoms with van der Waals surface area (Å²) in [4.78, 5) is 58.5. The number of likely N-dealkylation sites (tertiary alicyclic amines) is 1. The monoisotopic (exact) mass is 598 g/mol. The van der Waals surface area contributed by atoms with Gasteiger partial charge in [-0.15, -0.1) is 0 Å². The molecule has 0 aliphatic carbocycles. The Labute approximate surface area is 253 Å². The lowest BCUT2D eigenvalue weighted by molar-refractivity contribution is -0.154. The van der Waals surface area contributed by atoms with Gasteiger partial charge in [-0.05, 0) is 59.5 Å². The highest BCUT2D eigenvalue weighted by Crippen LogP contribution is 2.29. The van der Waals surface area contributed by atoms with Crippen LogP contribution >= 0.6 is 0 Å². The van der Waals surface area contributed by atoms with Crippen molar-refractivity contribution in [3.05, 3.63) is 0 Å². The number of rotatable bonds is 16. The molecule has 0 saturated carbocycles. The molecule has 1 fully saturated rings. The molecule has 0 aromatic carbocycles. The van der Waals surface area contributed by atoms with Gasteiger partial charge in [0.1, 0.15) is 6.04 Å². The molecule has 0 bridgehead atoms. The van der Waals surface area contributed by atoms with Crippen molar-refractivity contribution in [2.45, 2.75) is 110 Å². The Hall–Kier alpha value is -2.24. The summed E-state index contributed by atoms with van der Waals surface area (Å²) in [6, 6.07) is -1.42. The molecule has 1 rings (SSSR count). The van der Waals surface area contributed by atoms with Crippen LogP contribution in [0.5, 0.6) is 0 Å². The molecule has 3 amide bonds. The third-order valence-corrected chi connectivity index (χ3v) is 9.31. The number of ether oxygens (including phenoxy) is 3. The normalized spacial score (nSPS) is 20.1. The first-order valence-electron chi connectivity index (χ1n) is 15.2. The molecule has 0 spiro atoms. The van der Waals surface area contributed by atoms with Crippen LogP contribution in [0.25, 0.3) is 0 Å². The van der Waals surface area contributed by atoms with Gasteiger partial charge in [-0.3, -0.25) is 24.1 Å². The van der Waals surface area contributed by atoms with Crippen molar-refractivity contribution in [1.29, 1.82) is 0 Å². The van der Waals surface area contributed by atoms with Crippen molar-refractivity contribution in [1.82, 2.24) is 20.0 Å². The van der Waals surface area contributed by atoms with E-state index in [0.29, 0.717) is 6.54 Å². The number of likely N-dealkylation sites (N-methyl/N-ethyl adjacent to an activating group) is 2. The fourth-order valence-corrected chi connectivity index (χ4v) is 5.73. The van der Waals surface area contributed by atoms with Gasteiger partial charge < -0.3 is 29.3 Å². The fraction of sp³-hybridized carbons (Fsp3) is 0.871. The molecule has 1 N–H and O–H groups in total. The van der Waals surface area contributed by atoms with E-state index in [1.165, 1.54) is 7.11 Å². The molecule has 1 aliphatic heterocycles. The van der Waals surface area contributed by atoms with Crippen LogP contribution in [0.1, 0.15) is 74.1 Å². The van der Waals surface area contributed by atoms with Gasteiger partial charge in [-0.1, -0.05) is 34.1 Å². The number of esters is 1. The summed E-state index contributed by atoms with van der Waals surface area (Å²) in [7, 11) is 9.83. The highest BCUT2D eigenvalue weighted by Gasteiger charge is 2.43. The van der Waals surface area contributed by atoms with E-state index in [9.17, 15) is 19.2 Å². The molecule has 2 unspecified atom stereocenters. The van der Waals surface area contributed by atoms with Crippen LogP contribution in [-0.2, 0) is 33.4 Å². The number of methoxy groups -OCH3 is 3. The van der Waals surface area contributed by atoms with Crippen LogP contribution in [0, 0.1) is 17.8 Å². The second-order valence-corrected chi connectivity index (χ2v) is 12.8. The summed E-state index contributed by atoms with van der Waals surface area (Å²) in [6.45, 7) is 13.8. The zero-order valence-corrected chi connectivity index (χ0v) is 28.4. The number of carbonyl (C=O) groups excluding carboxylic acids is 4. The van der Waals surface area contributed by atoms with E-state index < -0.39 is 35.7 Å². The average Bonchev–Trinajstić information content (AvgIpc) is 3.43. The van der Waals surface area contributed by atoms with E-state index >= 15 is 0 Å². The van der Waals surface area contributed by atoms with E-state index in [1.807, 2.05) is 60.5 Å². The molecule has 42 heavy (non-hydrogen) atoms. The minimum Gasteiger partial charge on any atom is -0.469 e. The predicted molar refractivity (Wildman–Crippen MR) is 163 cm³/mol. The summed E-state index contributed by atoms with van der Waals surface area (Å²) in [5.41, 5.74) is -0.804. The summed E-state index contributed by atoms with van der Waals surface area (Å²) >= 11 is 0. The van der Waals surface area contributed by atoms with E-state index in [1.54, 1.807) is 38.0 Å². The summed E-state index contributed by atoms with van der Waals surface area (Å²) in [6.07, 6.45) is 1.26. The van der Waals surface area contributed by atoms with Crippen molar-refractivity contribution < 1.29 is 33.4 Å². The second-order valence-electron chi connectivity index (χ2n) is 12.8. The third kappa shape index (κ3) is 8.89. The molecule has 11 nitrogen and oxygen atoms in total. The van der Waals surface area contributed by atoms with Gasteiger partial charge in [0.05, 0.1) is 49.3 Å². The third-order valence-electron chi connectivity index (χ3n) is 9.31. The quantitative estimate of drug-likeness (QED) is 0.270. The Morgan fingerprint density at radius 3 is 2.05 bits per heavy atom. The van der Waals surface area contributed by atoms with Gasteiger partial charge in [0, 0.05) is 27.8 Å². The zero-order chi connectivity index (χ0) is 32.5. The number of hydrogen-bond acceptors (Lipinski definition) is 8. The number of amides is 3. The zero-order valence-electron chi connectivity index (χ0n) is 28.4. The smallest absolute Gasteiger partial charge is 0.311 e. The predicted octanol–water partition coefficient (Wildman–Crippen LogP) is 2.56. The van der Waals surface area contributed by atoms with E-state index in [0.717, 1.165) is 19.3 Å². The first kappa shape index (κ1) is 37.8. The molecular weight excluding hydrogens is 540 g/mol. The van der Waals surface area contributed by atoms with Crippen LogP contribution in [0.3, 0.4) is 0 Å². The molecule has 1 aliphatic rings. The minimum absolute atomic E-state index is 0.0128. The first-order valence-corrected chi connectivity index (χ1v) is 15.2. The van der Waals surface area contributed by atoms with E-state index in [4.69, 9.17) is 14.2 Å². The highest BCUT2D eigenvalue weighted by molar-refractivity contribution is 5.92. The van der Waals surface area contributed by atoms with Crippen LogP contribution < -0.4 is 5.32 Å². The molecule has 0 aromatic rings. The van der Waals surface area contributed by atoms with Crippen LogP contribution in [0.4, 0.5) is 0 Å². The van der Waals surface area contributed by atoms with Gasteiger partial charge in [-0.25, -0.2) is 0 Å². The van der Waals surface area contributed by atoms with Gasteiger partial charge in [0.2, 0.25) is 17.7 Å². The first-order chi connectivity index (χ1) is 19.5. The fourth-order valence-electron chi connectivity index (χ4n) is 5.73. The molecule has 244 valence electrons. The van der Waals surface area contributed by atoms with E-state index in [-0.39, 0.29) is 48.0 Å². The maximum atomic E-state index is 14.0. The highest BCUT2D eigenvalue weighted by atomic mass is 16.5. The number of nitrogens with zero attached hydrogens (tertiary/aromatic N) is 3. The summed E-state index contributed by atoms with van der Waals surface area (Å²) in [5.74, 6) is -1.63. The van der Waals surface area contributed by atoms with Gasteiger partial charge >= 0.3 is 5.97 Å². The molecule has 0 aromatic heterocycles. The lowest BCUT2D eigenvalue weighted by Crippen LogP contribution is -2.61. The van der Waals surface area contributed by atoms with Crippen molar-refractivity contribution in [3.8, 4) is 0 Å². The number of carbonyl (C=O) groups is 4. The van der Waals surface area contributed by atoms with Gasteiger partial charge in [0.25, 0.3) is 0 Å². The Morgan fingerprint density at radius 2 is 1.60 bits per heavy atom. The second kappa shape index (κ2) is 16.6. The van der Waals surface area contributed by atoms with Crippen molar-refractivity contribution in [2.24, 2.45) is 17.8 Å². The van der Waals surface area contributed by atoms with Crippen molar-refractivity contribution in [3.63, 3.8) is 0 Å². The summed E-state index contributed by atoms with van der Waals surface area (Å²) in [5, 5.41) is 2.98. The van der Waals surface area contributed by atoms with Gasteiger partial charge in [-0.2, -0.15) is 0 Å². The standard InChI is InChI=1S/C31H58N4O7/c1-14-20(4)26(34(10)28(37)25(19(2)3)32-30(39)31(6,7)33(8)9)23(40-11)18-24(36)35-17-15-16-22(35)27(41-12)21(5)29(38)42-13/h19-23,25-27H,14-18H2,1-13H3,(H,32,39)/t20-,21+,22?,23+,25?,26-,27+/m0/s1. The Balaban J connectivity index is 3.26. The summed E-state index contributed by atoms with van der Waals surface area (Å²) < 4.78 is 16.6. The largest absolute Gasteiger partial charge is 0.469 e. The van der Waals surface area contributed by atoms with Crippen LogP contribution in [-0.4, -0.2) is 123 Å². The Kier molecular flexibility index (Phi) is 14.9.